The molecule has 1 atom stereocenters. The van der Waals surface area contributed by atoms with E-state index in [0.29, 0.717) is 18.2 Å². The van der Waals surface area contributed by atoms with Crippen LogP contribution in [0.25, 0.3) is 0 Å². The van der Waals surface area contributed by atoms with Gasteiger partial charge < -0.3 is 19.7 Å². The van der Waals surface area contributed by atoms with Crippen LogP contribution in [0.15, 0.2) is 12.1 Å². The van der Waals surface area contributed by atoms with Crippen molar-refractivity contribution >= 4 is 17.6 Å². The molecule has 0 amide bonds. The molecule has 86 valence electrons. The normalized spacial score (nSPS) is 15.6. The highest BCUT2D eigenvalue weighted by Gasteiger charge is 2.26. The lowest BCUT2D eigenvalue weighted by Gasteiger charge is -2.22. The van der Waals surface area contributed by atoms with Crippen LogP contribution in [0.3, 0.4) is 0 Å². The van der Waals surface area contributed by atoms with E-state index in [9.17, 15) is 9.90 Å². The molecule has 0 saturated carbocycles. The van der Waals surface area contributed by atoms with Crippen LogP contribution >= 0.6 is 11.6 Å². The van der Waals surface area contributed by atoms with Crippen molar-refractivity contribution in [1.29, 1.82) is 0 Å². The van der Waals surface area contributed by atoms with Crippen molar-refractivity contribution < 1.29 is 24.5 Å². The highest BCUT2D eigenvalue weighted by Crippen LogP contribution is 2.42. The molecule has 1 aliphatic rings. The molecule has 6 heteroatoms. The molecule has 1 unspecified atom stereocenters. The van der Waals surface area contributed by atoms with Crippen LogP contribution < -0.4 is 9.47 Å². The highest BCUT2D eigenvalue weighted by atomic mass is 35.5. The van der Waals surface area contributed by atoms with Gasteiger partial charge in [0.15, 0.2) is 17.6 Å². The summed E-state index contributed by atoms with van der Waals surface area (Å²) in [6.45, 7) is 0.645. The van der Waals surface area contributed by atoms with Gasteiger partial charge in [0.05, 0.1) is 5.02 Å². The Labute approximate surface area is 96.2 Å². The fourth-order valence-electron chi connectivity index (χ4n) is 1.47. The third-order valence-electron chi connectivity index (χ3n) is 2.20. The first-order valence-corrected chi connectivity index (χ1v) is 4.98. The maximum absolute atomic E-state index is 10.7. The summed E-state index contributed by atoms with van der Waals surface area (Å²) < 4.78 is 10.5. The van der Waals surface area contributed by atoms with Crippen LogP contribution in [0.2, 0.25) is 5.02 Å². The van der Waals surface area contributed by atoms with Crippen LogP contribution in [-0.4, -0.2) is 29.4 Å². The monoisotopic (exact) mass is 244 g/mol. The van der Waals surface area contributed by atoms with Crippen molar-refractivity contribution in [3.63, 3.8) is 0 Å². The molecular weight excluding hydrogens is 236 g/mol. The first-order chi connectivity index (χ1) is 7.61. The average Bonchev–Trinajstić information content (AvgIpc) is 2.29. The summed E-state index contributed by atoms with van der Waals surface area (Å²) >= 11 is 5.86. The lowest BCUT2D eigenvalue weighted by molar-refractivity contribution is -0.147. The third kappa shape index (κ3) is 1.79. The Kier molecular flexibility index (Phi) is 2.89. The SMILES string of the molecule is O=C(O)C(O)c1ccc(Cl)c2c1OCCO2. The molecule has 1 aromatic carbocycles. The van der Waals surface area contributed by atoms with Gasteiger partial charge in [0.25, 0.3) is 0 Å². The lowest BCUT2D eigenvalue weighted by Crippen LogP contribution is -2.19. The summed E-state index contributed by atoms with van der Waals surface area (Å²) in [6, 6.07) is 2.88. The van der Waals surface area contributed by atoms with Gasteiger partial charge in [-0.2, -0.15) is 0 Å². The zero-order valence-corrected chi connectivity index (χ0v) is 8.90. The Morgan fingerprint density at radius 2 is 1.94 bits per heavy atom. The van der Waals surface area contributed by atoms with E-state index in [1.807, 2.05) is 0 Å². The molecule has 0 bridgehead atoms. The molecule has 0 radical (unpaired) electrons. The van der Waals surface area contributed by atoms with Gasteiger partial charge in [0.1, 0.15) is 13.2 Å². The molecular formula is C10H9ClO5. The molecule has 2 rings (SSSR count). The fourth-order valence-corrected chi connectivity index (χ4v) is 1.68. The van der Waals surface area contributed by atoms with Gasteiger partial charge in [-0.1, -0.05) is 17.7 Å². The van der Waals surface area contributed by atoms with E-state index >= 15 is 0 Å². The first kappa shape index (κ1) is 11.0. The van der Waals surface area contributed by atoms with Crippen LogP contribution in [-0.2, 0) is 4.79 Å². The summed E-state index contributed by atoms with van der Waals surface area (Å²) in [6.07, 6.45) is -1.65. The van der Waals surface area contributed by atoms with Crippen LogP contribution in [0.5, 0.6) is 11.5 Å². The predicted octanol–water partition coefficient (Wildman–Crippen LogP) is 1.23. The van der Waals surface area contributed by atoms with Crippen molar-refractivity contribution in [3.8, 4) is 11.5 Å². The van der Waals surface area contributed by atoms with E-state index in [1.54, 1.807) is 0 Å². The van der Waals surface area contributed by atoms with E-state index in [-0.39, 0.29) is 17.1 Å². The number of carbonyl (C=O) groups is 1. The summed E-state index contributed by atoms with van der Waals surface area (Å²) in [5.41, 5.74) is 0.145. The maximum Gasteiger partial charge on any atom is 0.337 e. The number of hydrogen-bond acceptors (Lipinski definition) is 4. The lowest BCUT2D eigenvalue weighted by atomic mass is 10.1. The van der Waals surface area contributed by atoms with Gasteiger partial charge in [-0.3, -0.25) is 0 Å². The Balaban J connectivity index is 2.50. The quantitative estimate of drug-likeness (QED) is 0.818. The maximum atomic E-state index is 10.7. The van der Waals surface area contributed by atoms with Crippen molar-refractivity contribution in [2.45, 2.75) is 6.10 Å². The number of ether oxygens (including phenoxy) is 2. The minimum atomic E-state index is -1.65. The minimum Gasteiger partial charge on any atom is -0.486 e. The molecule has 2 N–H and O–H groups in total. The molecule has 0 fully saturated rings. The van der Waals surface area contributed by atoms with Crippen LogP contribution in [0.4, 0.5) is 0 Å². The van der Waals surface area contributed by atoms with Crippen molar-refractivity contribution in [3.05, 3.63) is 22.7 Å². The van der Waals surface area contributed by atoms with E-state index in [1.165, 1.54) is 12.1 Å². The molecule has 1 heterocycles. The number of carboxylic acids is 1. The number of aliphatic hydroxyl groups is 1. The number of rotatable bonds is 2. The Morgan fingerprint density at radius 1 is 1.31 bits per heavy atom. The van der Waals surface area contributed by atoms with E-state index in [0.717, 1.165) is 0 Å². The van der Waals surface area contributed by atoms with Crippen molar-refractivity contribution in [1.82, 2.24) is 0 Å². The zero-order valence-electron chi connectivity index (χ0n) is 8.14. The Hall–Kier alpha value is -1.46. The second kappa shape index (κ2) is 4.19. The molecule has 16 heavy (non-hydrogen) atoms. The van der Waals surface area contributed by atoms with Crippen LogP contribution in [0, 0.1) is 0 Å². The number of hydrogen-bond donors (Lipinski definition) is 2. The Morgan fingerprint density at radius 3 is 2.56 bits per heavy atom. The van der Waals surface area contributed by atoms with E-state index in [4.69, 9.17) is 26.2 Å². The van der Waals surface area contributed by atoms with Gasteiger partial charge >= 0.3 is 5.97 Å². The number of carboxylic acid groups (broad SMARTS) is 1. The van der Waals surface area contributed by atoms with Gasteiger partial charge in [0.2, 0.25) is 0 Å². The fraction of sp³-hybridized carbons (Fsp3) is 0.300. The predicted molar refractivity (Wildman–Crippen MR) is 55.0 cm³/mol. The smallest absolute Gasteiger partial charge is 0.337 e. The van der Waals surface area contributed by atoms with Gasteiger partial charge in [-0.25, -0.2) is 4.79 Å². The standard InChI is InChI=1S/C10H9ClO5/c11-6-2-1-5(7(12)10(13)14)8-9(6)16-4-3-15-8/h1-2,7,12H,3-4H2,(H,13,14). The summed E-state index contributed by atoms with van der Waals surface area (Å²) in [4.78, 5) is 10.7. The zero-order chi connectivity index (χ0) is 11.7. The number of aliphatic hydroxyl groups excluding tert-OH is 1. The third-order valence-corrected chi connectivity index (χ3v) is 2.50. The van der Waals surface area contributed by atoms with Gasteiger partial charge in [-0.15, -0.1) is 0 Å². The molecule has 1 aromatic rings. The topological polar surface area (TPSA) is 76.0 Å². The van der Waals surface area contributed by atoms with Gasteiger partial charge in [-0.05, 0) is 6.07 Å². The summed E-state index contributed by atoms with van der Waals surface area (Å²) in [5, 5.41) is 18.5. The summed E-state index contributed by atoms with van der Waals surface area (Å²) in [5.74, 6) is -0.863. The number of fused-ring (bicyclic) bond motifs is 1. The molecule has 0 aliphatic carbocycles. The first-order valence-electron chi connectivity index (χ1n) is 4.60. The second-order valence-corrected chi connectivity index (χ2v) is 3.64. The molecule has 1 aliphatic heterocycles. The highest BCUT2D eigenvalue weighted by molar-refractivity contribution is 6.32. The Bertz CT molecular complexity index is 431. The molecule has 0 spiro atoms. The van der Waals surface area contributed by atoms with E-state index < -0.39 is 12.1 Å². The molecule has 0 saturated heterocycles. The van der Waals surface area contributed by atoms with Crippen molar-refractivity contribution in [2.24, 2.45) is 0 Å². The number of halogens is 1. The summed E-state index contributed by atoms with van der Waals surface area (Å²) in [7, 11) is 0. The minimum absolute atomic E-state index is 0.145. The second-order valence-electron chi connectivity index (χ2n) is 3.23. The number of benzene rings is 1. The van der Waals surface area contributed by atoms with Gasteiger partial charge in [0, 0.05) is 5.56 Å². The average molecular weight is 245 g/mol. The van der Waals surface area contributed by atoms with Crippen LogP contribution in [0.1, 0.15) is 11.7 Å². The molecule has 0 aromatic heterocycles. The number of aliphatic carboxylic acids is 1. The van der Waals surface area contributed by atoms with E-state index in [2.05, 4.69) is 0 Å². The largest absolute Gasteiger partial charge is 0.486 e. The van der Waals surface area contributed by atoms with Crippen molar-refractivity contribution in [2.75, 3.05) is 13.2 Å². The molecule has 5 nitrogen and oxygen atoms in total.